The maximum absolute atomic E-state index is 12.4. The minimum absolute atomic E-state index is 0.000839. The van der Waals surface area contributed by atoms with Crippen LogP contribution >= 0.6 is 0 Å². The van der Waals surface area contributed by atoms with E-state index in [1.165, 1.54) is 225 Å². The fourth-order valence-electron chi connectivity index (χ4n) is 8.73. The monoisotopic (exact) mass is 914 g/mol. The predicted molar refractivity (Wildman–Crippen MR) is 283 cm³/mol. The molecule has 0 saturated heterocycles. The number of hydrogen-bond acceptors (Lipinski definition) is 5. The molecule has 382 valence electrons. The standard InChI is InChI=1S/C59H111NO5/c1-3-5-7-9-11-13-15-28-33-37-41-45-49-53-59(64)65-54-50-46-42-38-34-30-27-25-23-21-19-17-16-18-20-22-24-26-29-32-36-40-44-48-52-58(63)60-56(55-61)57(62)51-47-43-39-35-31-14-12-10-8-6-4-2/h7,9,13,15,47,51,56-57,61-62H,3-6,8,10-12,14,16-46,48-50,52-55H2,1-2H3,(H,60,63)/b9-7-,15-13-,51-47+. The number of hydrogen-bond donors (Lipinski definition) is 3. The second-order valence-corrected chi connectivity index (χ2v) is 19.6. The smallest absolute Gasteiger partial charge is 0.305 e. The number of aliphatic hydroxyl groups is 2. The normalized spacial score (nSPS) is 12.9. The zero-order valence-corrected chi connectivity index (χ0v) is 43.5. The molecule has 0 heterocycles. The van der Waals surface area contributed by atoms with Crippen LogP contribution in [0.2, 0.25) is 0 Å². The summed E-state index contributed by atoms with van der Waals surface area (Å²) < 4.78 is 5.46. The van der Waals surface area contributed by atoms with Crippen LogP contribution in [0, 0.1) is 0 Å². The number of carbonyl (C=O) groups excluding carboxylic acids is 2. The SMILES string of the molecule is CCC/C=C\C/C=C\CCCCCCCC(=O)OCCCCCCCCCCCCCCCCCCCCCCCCCCC(=O)NC(CO)C(O)/C=C/CCCCCCCCCCC. The molecule has 0 aliphatic carbocycles. The summed E-state index contributed by atoms with van der Waals surface area (Å²) in [5, 5.41) is 23.0. The van der Waals surface area contributed by atoms with Crippen molar-refractivity contribution in [1.82, 2.24) is 5.32 Å². The number of amides is 1. The highest BCUT2D eigenvalue weighted by molar-refractivity contribution is 5.76. The quantitative estimate of drug-likeness (QED) is 0.0321. The van der Waals surface area contributed by atoms with Crippen molar-refractivity contribution in [2.45, 2.75) is 315 Å². The molecule has 0 rings (SSSR count). The molecule has 0 aromatic carbocycles. The topological polar surface area (TPSA) is 95.9 Å². The summed E-state index contributed by atoms with van der Waals surface area (Å²) in [6.07, 6.45) is 67.5. The van der Waals surface area contributed by atoms with Crippen molar-refractivity contribution < 1.29 is 24.5 Å². The zero-order chi connectivity index (χ0) is 47.2. The van der Waals surface area contributed by atoms with Gasteiger partial charge in [-0.05, 0) is 57.8 Å². The van der Waals surface area contributed by atoms with Crippen molar-refractivity contribution in [2.75, 3.05) is 13.2 Å². The maximum Gasteiger partial charge on any atom is 0.305 e. The highest BCUT2D eigenvalue weighted by Gasteiger charge is 2.18. The van der Waals surface area contributed by atoms with Gasteiger partial charge in [-0.3, -0.25) is 9.59 Å². The van der Waals surface area contributed by atoms with Gasteiger partial charge in [-0.25, -0.2) is 0 Å². The molecule has 0 aromatic heterocycles. The zero-order valence-electron chi connectivity index (χ0n) is 43.5. The van der Waals surface area contributed by atoms with Crippen molar-refractivity contribution >= 4 is 11.9 Å². The van der Waals surface area contributed by atoms with E-state index >= 15 is 0 Å². The number of carbonyl (C=O) groups is 2. The van der Waals surface area contributed by atoms with E-state index in [2.05, 4.69) is 43.5 Å². The summed E-state index contributed by atoms with van der Waals surface area (Å²) in [7, 11) is 0. The lowest BCUT2D eigenvalue weighted by Gasteiger charge is -2.20. The molecule has 6 heteroatoms. The molecule has 2 unspecified atom stereocenters. The highest BCUT2D eigenvalue weighted by Crippen LogP contribution is 2.17. The number of ether oxygens (including phenoxy) is 1. The van der Waals surface area contributed by atoms with Gasteiger partial charge in [-0.2, -0.15) is 0 Å². The summed E-state index contributed by atoms with van der Waals surface area (Å²) in [6, 6.07) is -0.625. The van der Waals surface area contributed by atoms with Gasteiger partial charge in [-0.15, -0.1) is 0 Å². The summed E-state index contributed by atoms with van der Waals surface area (Å²) in [5.41, 5.74) is 0. The molecule has 0 radical (unpaired) electrons. The number of allylic oxidation sites excluding steroid dienone is 5. The predicted octanol–water partition coefficient (Wildman–Crippen LogP) is 17.6. The van der Waals surface area contributed by atoms with Crippen molar-refractivity contribution in [2.24, 2.45) is 0 Å². The first-order valence-corrected chi connectivity index (χ1v) is 28.8. The highest BCUT2D eigenvalue weighted by atomic mass is 16.5. The second kappa shape index (κ2) is 54.7. The van der Waals surface area contributed by atoms with Gasteiger partial charge in [-0.1, -0.05) is 269 Å². The third-order valence-corrected chi connectivity index (χ3v) is 13.1. The van der Waals surface area contributed by atoms with Crippen LogP contribution in [0.5, 0.6) is 0 Å². The van der Waals surface area contributed by atoms with E-state index < -0.39 is 12.1 Å². The van der Waals surface area contributed by atoms with Crippen LogP contribution in [0.25, 0.3) is 0 Å². The lowest BCUT2D eigenvalue weighted by atomic mass is 10.0. The van der Waals surface area contributed by atoms with E-state index in [-0.39, 0.29) is 18.5 Å². The Morgan fingerprint density at radius 3 is 1.23 bits per heavy atom. The molecular formula is C59H111NO5. The van der Waals surface area contributed by atoms with Crippen molar-refractivity contribution in [1.29, 1.82) is 0 Å². The minimum Gasteiger partial charge on any atom is -0.466 e. The number of rotatable bonds is 53. The number of aliphatic hydroxyl groups excluding tert-OH is 2. The van der Waals surface area contributed by atoms with Crippen LogP contribution < -0.4 is 5.32 Å². The molecule has 0 fully saturated rings. The Morgan fingerprint density at radius 2 is 0.800 bits per heavy atom. The van der Waals surface area contributed by atoms with Gasteiger partial charge >= 0.3 is 5.97 Å². The summed E-state index contributed by atoms with van der Waals surface area (Å²) >= 11 is 0. The molecule has 65 heavy (non-hydrogen) atoms. The minimum atomic E-state index is -0.842. The van der Waals surface area contributed by atoms with E-state index in [0.29, 0.717) is 19.4 Å². The Balaban J connectivity index is 3.37. The third-order valence-electron chi connectivity index (χ3n) is 13.1. The molecular weight excluding hydrogens is 803 g/mol. The Kier molecular flexibility index (Phi) is 53.1. The Hall–Kier alpha value is -1.92. The molecule has 0 saturated carbocycles. The molecule has 0 aliphatic heterocycles. The second-order valence-electron chi connectivity index (χ2n) is 19.6. The van der Waals surface area contributed by atoms with Crippen LogP contribution in [0.4, 0.5) is 0 Å². The van der Waals surface area contributed by atoms with Crippen LogP contribution in [-0.2, 0) is 14.3 Å². The van der Waals surface area contributed by atoms with Gasteiger partial charge in [0, 0.05) is 12.8 Å². The fraction of sp³-hybridized carbons (Fsp3) is 0.864. The van der Waals surface area contributed by atoms with Gasteiger partial charge in [0.2, 0.25) is 5.91 Å². The Bertz CT molecular complexity index is 1060. The van der Waals surface area contributed by atoms with Crippen molar-refractivity contribution in [3.8, 4) is 0 Å². The molecule has 0 bridgehead atoms. The summed E-state index contributed by atoms with van der Waals surface area (Å²) in [6.45, 7) is 4.82. The van der Waals surface area contributed by atoms with Gasteiger partial charge in [0.1, 0.15) is 0 Å². The van der Waals surface area contributed by atoms with Gasteiger partial charge in [0.05, 0.1) is 25.4 Å². The first-order valence-electron chi connectivity index (χ1n) is 28.8. The molecule has 2 atom stereocenters. The average molecular weight is 915 g/mol. The number of nitrogens with one attached hydrogen (secondary N) is 1. The number of esters is 1. The van der Waals surface area contributed by atoms with E-state index in [1.54, 1.807) is 6.08 Å². The van der Waals surface area contributed by atoms with E-state index in [0.717, 1.165) is 51.4 Å². The van der Waals surface area contributed by atoms with Crippen LogP contribution in [0.15, 0.2) is 36.5 Å². The molecule has 0 aromatic rings. The van der Waals surface area contributed by atoms with Crippen molar-refractivity contribution in [3.05, 3.63) is 36.5 Å². The average Bonchev–Trinajstić information content (AvgIpc) is 3.31. The molecule has 0 aliphatic rings. The molecule has 6 nitrogen and oxygen atoms in total. The van der Waals surface area contributed by atoms with Gasteiger partial charge in [0.25, 0.3) is 0 Å². The van der Waals surface area contributed by atoms with E-state index in [9.17, 15) is 19.8 Å². The van der Waals surface area contributed by atoms with Crippen LogP contribution in [-0.4, -0.2) is 47.4 Å². The van der Waals surface area contributed by atoms with Gasteiger partial charge in [0.15, 0.2) is 0 Å². The Labute approximate surface area is 404 Å². The summed E-state index contributed by atoms with van der Waals surface area (Å²) in [4.78, 5) is 24.4. The van der Waals surface area contributed by atoms with Crippen LogP contribution in [0.1, 0.15) is 303 Å². The maximum atomic E-state index is 12.4. The lowest BCUT2D eigenvalue weighted by molar-refractivity contribution is -0.143. The summed E-state index contributed by atoms with van der Waals surface area (Å²) in [5.74, 6) is -0.0690. The van der Waals surface area contributed by atoms with E-state index in [4.69, 9.17) is 4.74 Å². The van der Waals surface area contributed by atoms with E-state index in [1.807, 2.05) is 6.08 Å². The van der Waals surface area contributed by atoms with Crippen LogP contribution in [0.3, 0.4) is 0 Å². The molecule has 1 amide bonds. The lowest BCUT2D eigenvalue weighted by Crippen LogP contribution is -2.45. The first-order chi connectivity index (χ1) is 32.0. The third kappa shape index (κ3) is 51.3. The molecule has 0 spiro atoms. The number of unbranched alkanes of at least 4 members (excludes halogenated alkanes) is 38. The Morgan fingerprint density at radius 1 is 0.431 bits per heavy atom. The first kappa shape index (κ1) is 63.1. The largest absolute Gasteiger partial charge is 0.466 e. The fourth-order valence-corrected chi connectivity index (χ4v) is 8.73. The molecule has 3 N–H and O–H groups in total. The van der Waals surface area contributed by atoms with Crippen molar-refractivity contribution in [3.63, 3.8) is 0 Å². The van der Waals surface area contributed by atoms with Gasteiger partial charge < -0.3 is 20.3 Å².